The molecule has 3 N–H and O–H groups in total. The Morgan fingerprint density at radius 1 is 1.65 bits per heavy atom. The monoisotopic (exact) mass is 236 g/mol. The Balaban J connectivity index is 1.89. The van der Waals surface area contributed by atoms with Crippen LogP contribution in [0, 0.1) is 13.8 Å². The lowest BCUT2D eigenvalue weighted by molar-refractivity contribution is -0.120. The molecule has 0 saturated heterocycles. The molecule has 17 heavy (non-hydrogen) atoms. The van der Waals surface area contributed by atoms with Crippen molar-refractivity contribution in [1.82, 2.24) is 15.1 Å². The van der Waals surface area contributed by atoms with Crippen LogP contribution in [-0.4, -0.2) is 27.8 Å². The largest absolute Gasteiger partial charge is 0.368 e. The summed E-state index contributed by atoms with van der Waals surface area (Å²) in [5, 5.41) is 7.64. The van der Waals surface area contributed by atoms with Crippen LogP contribution in [0.1, 0.15) is 30.7 Å². The molecule has 1 fully saturated rings. The maximum absolute atomic E-state index is 11.3. The number of nitrogens with zero attached hydrogens (tertiary/aromatic N) is 2. The molecule has 1 unspecified atom stereocenters. The van der Waals surface area contributed by atoms with Gasteiger partial charge in [0.25, 0.3) is 0 Å². The summed E-state index contributed by atoms with van der Waals surface area (Å²) in [5.74, 6) is -0.265. The van der Waals surface area contributed by atoms with Crippen molar-refractivity contribution in [2.24, 2.45) is 5.73 Å². The number of nitrogens with two attached hydrogens (primary N) is 1. The molecule has 1 saturated carbocycles. The molecular formula is C12H20N4O. The number of carbonyl (C=O) groups is 1. The molecule has 1 aromatic rings. The quantitative estimate of drug-likeness (QED) is 0.755. The molecule has 1 heterocycles. The lowest BCUT2D eigenvalue weighted by Gasteiger charge is -2.15. The number of primary amides is 1. The van der Waals surface area contributed by atoms with Gasteiger partial charge in [-0.1, -0.05) is 0 Å². The molecule has 5 nitrogen and oxygen atoms in total. The zero-order valence-electron chi connectivity index (χ0n) is 10.4. The van der Waals surface area contributed by atoms with Crippen LogP contribution in [0.2, 0.25) is 0 Å². The predicted octanol–water partition coefficient (Wildman–Crippen LogP) is 0.496. The average molecular weight is 236 g/mol. The highest BCUT2D eigenvalue weighted by atomic mass is 16.1. The van der Waals surface area contributed by atoms with Gasteiger partial charge in [0.05, 0.1) is 11.7 Å². The van der Waals surface area contributed by atoms with Crippen molar-refractivity contribution in [3.63, 3.8) is 0 Å². The first kappa shape index (κ1) is 12.1. The van der Waals surface area contributed by atoms with E-state index in [1.807, 2.05) is 24.6 Å². The number of hydrogen-bond donors (Lipinski definition) is 2. The van der Waals surface area contributed by atoms with Crippen LogP contribution >= 0.6 is 0 Å². The molecule has 0 bridgehead atoms. The summed E-state index contributed by atoms with van der Waals surface area (Å²) in [6.45, 7) is 4.72. The van der Waals surface area contributed by atoms with Gasteiger partial charge in [-0.05, 0) is 39.2 Å². The van der Waals surface area contributed by atoms with E-state index >= 15 is 0 Å². The van der Waals surface area contributed by atoms with Crippen molar-refractivity contribution >= 4 is 5.91 Å². The lowest BCUT2D eigenvalue weighted by Crippen LogP contribution is -2.43. The maximum Gasteiger partial charge on any atom is 0.234 e. The summed E-state index contributed by atoms with van der Waals surface area (Å²) in [7, 11) is 0. The molecule has 1 aromatic heterocycles. The predicted molar refractivity (Wildman–Crippen MR) is 65.5 cm³/mol. The number of aromatic nitrogens is 2. The van der Waals surface area contributed by atoms with Crippen LogP contribution in [0.15, 0.2) is 6.07 Å². The van der Waals surface area contributed by atoms with Crippen LogP contribution < -0.4 is 11.1 Å². The molecule has 0 spiro atoms. The molecular weight excluding hydrogens is 216 g/mol. The van der Waals surface area contributed by atoms with Gasteiger partial charge in [0.2, 0.25) is 5.91 Å². The summed E-state index contributed by atoms with van der Waals surface area (Å²) in [6, 6.07) is 2.30. The van der Waals surface area contributed by atoms with Crippen molar-refractivity contribution in [3.05, 3.63) is 17.5 Å². The molecule has 94 valence electrons. The minimum atomic E-state index is -0.265. The highest BCUT2D eigenvalue weighted by Crippen LogP contribution is 2.20. The van der Waals surface area contributed by atoms with Gasteiger partial charge < -0.3 is 11.1 Å². The van der Waals surface area contributed by atoms with Crippen molar-refractivity contribution in [2.45, 2.75) is 51.7 Å². The molecule has 0 aliphatic heterocycles. The summed E-state index contributed by atoms with van der Waals surface area (Å²) < 4.78 is 1.93. The minimum Gasteiger partial charge on any atom is -0.368 e. The third kappa shape index (κ3) is 3.30. The third-order valence-corrected chi connectivity index (χ3v) is 3.09. The van der Waals surface area contributed by atoms with Crippen LogP contribution in [0.5, 0.6) is 0 Å². The fraction of sp³-hybridized carbons (Fsp3) is 0.667. The van der Waals surface area contributed by atoms with E-state index in [1.165, 1.54) is 0 Å². The van der Waals surface area contributed by atoms with Gasteiger partial charge in [-0.25, -0.2) is 0 Å². The second-order valence-corrected chi connectivity index (χ2v) is 4.83. The second kappa shape index (κ2) is 4.87. The zero-order valence-corrected chi connectivity index (χ0v) is 10.4. The molecule has 1 amide bonds. The SMILES string of the molecule is Cc1cc(C)n(CCC(NC2CC2)C(N)=O)n1. The molecule has 0 aromatic carbocycles. The van der Waals surface area contributed by atoms with Crippen molar-refractivity contribution < 1.29 is 4.79 Å². The van der Waals surface area contributed by atoms with Gasteiger partial charge in [0, 0.05) is 18.3 Å². The topological polar surface area (TPSA) is 72.9 Å². The summed E-state index contributed by atoms with van der Waals surface area (Å²) >= 11 is 0. The van der Waals surface area contributed by atoms with Crippen LogP contribution in [0.25, 0.3) is 0 Å². The maximum atomic E-state index is 11.3. The van der Waals surface area contributed by atoms with Crippen molar-refractivity contribution in [2.75, 3.05) is 0 Å². The zero-order chi connectivity index (χ0) is 12.4. The average Bonchev–Trinajstić information content (AvgIpc) is 2.99. The molecule has 1 aliphatic carbocycles. The number of amides is 1. The smallest absolute Gasteiger partial charge is 0.234 e. The number of hydrogen-bond acceptors (Lipinski definition) is 3. The molecule has 1 aliphatic rings. The van der Waals surface area contributed by atoms with Crippen molar-refractivity contribution in [3.8, 4) is 0 Å². The fourth-order valence-corrected chi connectivity index (χ4v) is 1.99. The summed E-state index contributed by atoms with van der Waals surface area (Å²) in [6.07, 6.45) is 3.02. The number of aryl methyl sites for hydroxylation is 3. The first-order valence-corrected chi connectivity index (χ1v) is 6.12. The van der Waals surface area contributed by atoms with E-state index in [0.29, 0.717) is 12.5 Å². The molecule has 1 atom stereocenters. The van der Waals surface area contributed by atoms with Gasteiger partial charge in [-0.3, -0.25) is 9.48 Å². The first-order chi connectivity index (χ1) is 8.06. The molecule has 5 heteroatoms. The number of rotatable bonds is 6. The fourth-order valence-electron chi connectivity index (χ4n) is 1.99. The van der Waals surface area contributed by atoms with Gasteiger partial charge in [-0.2, -0.15) is 5.10 Å². The van der Waals surface area contributed by atoms with E-state index in [9.17, 15) is 4.79 Å². The van der Waals surface area contributed by atoms with E-state index in [4.69, 9.17) is 5.73 Å². The normalized spacial score (nSPS) is 17.1. The lowest BCUT2D eigenvalue weighted by atomic mass is 10.2. The van der Waals surface area contributed by atoms with Crippen molar-refractivity contribution in [1.29, 1.82) is 0 Å². The number of carbonyl (C=O) groups excluding carboxylic acids is 1. The Hall–Kier alpha value is -1.36. The molecule has 0 radical (unpaired) electrons. The third-order valence-electron chi connectivity index (χ3n) is 3.09. The Kier molecular flexibility index (Phi) is 3.47. The molecule has 2 rings (SSSR count). The highest BCUT2D eigenvalue weighted by molar-refractivity contribution is 5.79. The number of nitrogens with one attached hydrogen (secondary N) is 1. The van der Waals surface area contributed by atoms with Crippen LogP contribution in [0.3, 0.4) is 0 Å². The van der Waals surface area contributed by atoms with E-state index in [1.54, 1.807) is 0 Å². The Bertz CT molecular complexity index is 409. The van der Waals surface area contributed by atoms with Gasteiger partial charge >= 0.3 is 0 Å². The Morgan fingerprint density at radius 3 is 2.82 bits per heavy atom. The van der Waals surface area contributed by atoms with Gasteiger partial charge in [0.15, 0.2) is 0 Å². The van der Waals surface area contributed by atoms with Gasteiger partial charge in [-0.15, -0.1) is 0 Å². The van der Waals surface area contributed by atoms with E-state index in [0.717, 1.165) is 30.8 Å². The van der Waals surface area contributed by atoms with E-state index in [-0.39, 0.29) is 11.9 Å². The minimum absolute atomic E-state index is 0.230. The van der Waals surface area contributed by atoms with E-state index < -0.39 is 0 Å². The summed E-state index contributed by atoms with van der Waals surface area (Å²) in [5.41, 5.74) is 7.52. The standard InChI is InChI=1S/C12H20N4O/c1-8-7-9(2)16(15-8)6-5-11(12(13)17)14-10-3-4-10/h7,10-11,14H,3-6H2,1-2H3,(H2,13,17). The van der Waals surface area contributed by atoms with Gasteiger partial charge in [0.1, 0.15) is 0 Å². The Labute approximate surface area is 101 Å². The van der Waals surface area contributed by atoms with Crippen LogP contribution in [-0.2, 0) is 11.3 Å². The second-order valence-electron chi connectivity index (χ2n) is 4.83. The Morgan fingerprint density at radius 2 is 2.35 bits per heavy atom. The van der Waals surface area contributed by atoms with Crippen LogP contribution in [0.4, 0.5) is 0 Å². The first-order valence-electron chi connectivity index (χ1n) is 6.12. The van der Waals surface area contributed by atoms with E-state index in [2.05, 4.69) is 10.4 Å². The summed E-state index contributed by atoms with van der Waals surface area (Å²) in [4.78, 5) is 11.3. The highest BCUT2D eigenvalue weighted by Gasteiger charge is 2.27.